The molecule has 0 aliphatic heterocycles. The molecule has 25 heavy (non-hydrogen) atoms. The van der Waals surface area contributed by atoms with Crippen molar-refractivity contribution in [2.75, 3.05) is 18.1 Å². The molecule has 0 unspecified atom stereocenters. The molecule has 2 aromatic heterocycles. The molecule has 0 spiro atoms. The predicted octanol–water partition coefficient (Wildman–Crippen LogP) is 2.62. The predicted molar refractivity (Wildman–Crippen MR) is 98.9 cm³/mol. The largest absolute Gasteiger partial charge is 0.355 e. The van der Waals surface area contributed by atoms with E-state index in [1.54, 1.807) is 42.6 Å². The number of rotatable bonds is 6. The summed E-state index contributed by atoms with van der Waals surface area (Å²) in [6.45, 7) is 0. The number of carbonyl (C=O) groups excluding carboxylic acids is 2. The second-order valence-electron chi connectivity index (χ2n) is 4.94. The van der Waals surface area contributed by atoms with Gasteiger partial charge in [-0.05, 0) is 35.7 Å². The van der Waals surface area contributed by atoms with E-state index in [-0.39, 0.29) is 17.6 Å². The van der Waals surface area contributed by atoms with E-state index in [1.165, 1.54) is 11.8 Å². The molecule has 2 amide bonds. The fourth-order valence-electron chi connectivity index (χ4n) is 2.01. The maximum atomic E-state index is 12.0. The minimum absolute atomic E-state index is 0.167. The van der Waals surface area contributed by atoms with Crippen molar-refractivity contribution in [3.63, 3.8) is 0 Å². The monoisotopic (exact) mass is 373 g/mol. The van der Waals surface area contributed by atoms with Crippen molar-refractivity contribution in [1.82, 2.24) is 20.5 Å². The van der Waals surface area contributed by atoms with Crippen molar-refractivity contribution in [2.45, 2.75) is 5.16 Å². The highest BCUT2D eigenvalue weighted by Crippen LogP contribution is 2.23. The van der Waals surface area contributed by atoms with Crippen LogP contribution >= 0.6 is 23.1 Å². The summed E-state index contributed by atoms with van der Waals surface area (Å²) in [5.74, 6) is 0.557. The first-order valence-electron chi connectivity index (χ1n) is 7.37. The number of amides is 2. The van der Waals surface area contributed by atoms with E-state index < -0.39 is 0 Å². The van der Waals surface area contributed by atoms with Gasteiger partial charge in [-0.15, -0.1) is 16.4 Å². The molecule has 0 atom stereocenters. The first-order valence-corrected chi connectivity index (χ1v) is 9.23. The van der Waals surface area contributed by atoms with Crippen molar-refractivity contribution in [3.8, 4) is 10.7 Å². The van der Waals surface area contributed by atoms with Gasteiger partial charge in [0, 0.05) is 18.3 Å². The van der Waals surface area contributed by atoms with Crippen LogP contribution in [0.5, 0.6) is 0 Å². The lowest BCUT2D eigenvalue weighted by molar-refractivity contribution is -0.113. The Bertz CT molecular complexity index is 859. The Hall–Kier alpha value is -2.65. The normalized spacial score (nSPS) is 10.4. The van der Waals surface area contributed by atoms with E-state index >= 15 is 0 Å². The molecule has 0 aliphatic rings. The highest BCUT2D eigenvalue weighted by atomic mass is 32.2. The highest BCUT2D eigenvalue weighted by Gasteiger charge is 2.10. The van der Waals surface area contributed by atoms with Gasteiger partial charge in [0.2, 0.25) is 11.1 Å². The van der Waals surface area contributed by atoms with E-state index in [0.29, 0.717) is 22.2 Å². The Morgan fingerprint density at radius 1 is 1.24 bits per heavy atom. The van der Waals surface area contributed by atoms with E-state index in [2.05, 4.69) is 25.8 Å². The Morgan fingerprint density at radius 3 is 2.72 bits per heavy atom. The third kappa shape index (κ3) is 4.46. The van der Waals surface area contributed by atoms with Crippen LogP contribution in [0.1, 0.15) is 10.4 Å². The molecule has 3 N–H and O–H groups in total. The third-order valence-electron chi connectivity index (χ3n) is 3.21. The molecule has 9 heteroatoms. The quantitative estimate of drug-likeness (QED) is 0.577. The second-order valence-corrected chi connectivity index (χ2v) is 6.83. The van der Waals surface area contributed by atoms with E-state index in [4.69, 9.17) is 0 Å². The van der Waals surface area contributed by atoms with Crippen LogP contribution in [-0.4, -0.2) is 39.8 Å². The summed E-state index contributed by atoms with van der Waals surface area (Å²) in [5, 5.41) is 14.8. The van der Waals surface area contributed by atoms with Gasteiger partial charge in [0.05, 0.1) is 10.6 Å². The van der Waals surface area contributed by atoms with E-state index in [9.17, 15) is 9.59 Å². The number of thiophene rings is 1. The van der Waals surface area contributed by atoms with Crippen LogP contribution in [0.2, 0.25) is 0 Å². The summed E-state index contributed by atoms with van der Waals surface area (Å²) in [6, 6.07) is 10.6. The third-order valence-corrected chi connectivity index (χ3v) is 4.93. The van der Waals surface area contributed by atoms with Crippen molar-refractivity contribution in [2.24, 2.45) is 0 Å². The van der Waals surface area contributed by atoms with Crippen molar-refractivity contribution in [3.05, 3.63) is 47.3 Å². The summed E-state index contributed by atoms with van der Waals surface area (Å²) in [5.41, 5.74) is 1.17. The number of carbonyl (C=O) groups is 2. The Kier molecular flexibility index (Phi) is 5.46. The summed E-state index contributed by atoms with van der Waals surface area (Å²) in [7, 11) is 1.57. The minimum Gasteiger partial charge on any atom is -0.355 e. The Balaban J connectivity index is 1.52. The number of nitrogens with one attached hydrogen (secondary N) is 3. The van der Waals surface area contributed by atoms with Crippen LogP contribution in [0, 0.1) is 0 Å². The number of hydrogen-bond acceptors (Lipinski definition) is 6. The topological polar surface area (TPSA) is 99.8 Å². The number of hydrogen-bond donors (Lipinski definition) is 3. The number of thioether (sulfide) groups is 1. The van der Waals surface area contributed by atoms with Crippen molar-refractivity contribution in [1.29, 1.82) is 0 Å². The van der Waals surface area contributed by atoms with Gasteiger partial charge in [0.15, 0.2) is 5.82 Å². The number of benzene rings is 1. The molecule has 0 saturated heterocycles. The van der Waals surface area contributed by atoms with Gasteiger partial charge < -0.3 is 10.6 Å². The van der Waals surface area contributed by atoms with Crippen molar-refractivity contribution >= 4 is 40.6 Å². The lowest BCUT2D eigenvalue weighted by Gasteiger charge is -2.05. The molecule has 3 aromatic rings. The van der Waals surface area contributed by atoms with Gasteiger partial charge in [0.1, 0.15) is 0 Å². The Morgan fingerprint density at radius 2 is 2.04 bits per heavy atom. The van der Waals surface area contributed by atoms with Crippen LogP contribution in [0.25, 0.3) is 10.7 Å². The molecule has 2 heterocycles. The molecule has 0 saturated carbocycles. The number of aromatic amines is 1. The van der Waals surface area contributed by atoms with Crippen LogP contribution < -0.4 is 10.6 Å². The van der Waals surface area contributed by atoms with Crippen molar-refractivity contribution < 1.29 is 9.59 Å². The minimum atomic E-state index is -0.167. The number of H-pyrrole nitrogens is 1. The van der Waals surface area contributed by atoms with Crippen LogP contribution in [0.3, 0.4) is 0 Å². The molecule has 128 valence electrons. The molecule has 0 bridgehead atoms. The van der Waals surface area contributed by atoms with Gasteiger partial charge >= 0.3 is 0 Å². The maximum Gasteiger partial charge on any atom is 0.251 e. The molecule has 3 rings (SSSR count). The van der Waals surface area contributed by atoms with Gasteiger partial charge in [-0.25, -0.2) is 4.98 Å². The van der Waals surface area contributed by atoms with Crippen LogP contribution in [0.4, 0.5) is 5.69 Å². The summed E-state index contributed by atoms with van der Waals surface area (Å²) in [4.78, 5) is 28.9. The number of anilines is 1. The number of nitrogens with zero attached hydrogens (tertiary/aromatic N) is 2. The number of aromatic nitrogens is 3. The fourth-order valence-corrected chi connectivity index (χ4v) is 3.27. The zero-order valence-corrected chi connectivity index (χ0v) is 14.9. The van der Waals surface area contributed by atoms with Gasteiger partial charge in [-0.3, -0.25) is 14.7 Å². The Labute approximate surface area is 152 Å². The first-order chi connectivity index (χ1) is 12.2. The lowest BCUT2D eigenvalue weighted by atomic mass is 10.2. The fraction of sp³-hybridized carbons (Fsp3) is 0.125. The molecular weight excluding hydrogens is 358 g/mol. The molecule has 1 aromatic carbocycles. The summed E-state index contributed by atoms with van der Waals surface area (Å²) >= 11 is 2.82. The van der Waals surface area contributed by atoms with Gasteiger partial charge in [0.25, 0.3) is 5.91 Å². The smallest absolute Gasteiger partial charge is 0.251 e. The van der Waals surface area contributed by atoms with E-state index in [0.717, 1.165) is 4.88 Å². The van der Waals surface area contributed by atoms with Gasteiger partial charge in [-0.2, -0.15) is 0 Å². The molecular formula is C16H15N5O2S2. The second kappa shape index (κ2) is 7.95. The zero-order chi connectivity index (χ0) is 17.6. The lowest BCUT2D eigenvalue weighted by Crippen LogP contribution is -2.18. The summed E-state index contributed by atoms with van der Waals surface area (Å²) in [6.07, 6.45) is 0. The van der Waals surface area contributed by atoms with E-state index in [1.807, 2.05) is 17.5 Å². The first kappa shape index (κ1) is 17.2. The average molecular weight is 373 g/mol. The average Bonchev–Trinajstić information content (AvgIpc) is 3.31. The SMILES string of the molecule is CNC(=O)c1ccc(NC(=O)CSc2n[nH]c(-c3cccs3)n2)cc1. The molecule has 0 aliphatic carbocycles. The highest BCUT2D eigenvalue weighted by molar-refractivity contribution is 7.99. The van der Waals surface area contributed by atoms with Crippen LogP contribution in [-0.2, 0) is 4.79 Å². The standard InChI is InChI=1S/C16H15N5O2S2/c1-17-15(23)10-4-6-11(7-5-10)18-13(22)9-25-16-19-14(20-21-16)12-3-2-8-24-12/h2-8H,9H2,1H3,(H,17,23)(H,18,22)(H,19,20,21). The molecule has 0 radical (unpaired) electrons. The maximum absolute atomic E-state index is 12.0. The zero-order valence-electron chi connectivity index (χ0n) is 13.3. The van der Waals surface area contributed by atoms with Gasteiger partial charge in [-0.1, -0.05) is 17.8 Å². The molecule has 7 nitrogen and oxygen atoms in total. The molecule has 0 fully saturated rings. The van der Waals surface area contributed by atoms with Crippen LogP contribution in [0.15, 0.2) is 46.9 Å². The summed E-state index contributed by atoms with van der Waals surface area (Å²) < 4.78 is 0.